The average molecular weight is 250 g/mol. The van der Waals surface area contributed by atoms with Gasteiger partial charge in [0.1, 0.15) is 12.4 Å². The summed E-state index contributed by atoms with van der Waals surface area (Å²) in [5, 5.41) is 3.47. The van der Waals surface area contributed by atoms with Gasteiger partial charge in [-0.1, -0.05) is 0 Å². The second-order valence-electron chi connectivity index (χ2n) is 4.91. The molecule has 0 atom stereocenters. The van der Waals surface area contributed by atoms with Crippen LogP contribution >= 0.6 is 0 Å². The number of pyridine rings is 1. The maximum atomic E-state index is 5.74. The molecule has 0 bridgehead atoms. The smallest absolute Gasteiger partial charge is 0.126 e. The van der Waals surface area contributed by atoms with Crippen molar-refractivity contribution in [3.63, 3.8) is 0 Å². The lowest BCUT2D eigenvalue weighted by molar-refractivity contribution is 0.0550. The molecule has 1 heterocycles. The van der Waals surface area contributed by atoms with Crippen molar-refractivity contribution in [3.05, 3.63) is 24.0 Å². The highest BCUT2D eigenvalue weighted by Gasteiger charge is 2.20. The molecule has 1 aromatic heterocycles. The number of rotatable bonds is 8. The zero-order valence-corrected chi connectivity index (χ0v) is 11.2. The first-order valence-electron chi connectivity index (χ1n) is 6.66. The third kappa shape index (κ3) is 4.63. The van der Waals surface area contributed by atoms with Crippen molar-refractivity contribution in [3.8, 4) is 5.75 Å². The molecule has 0 aromatic carbocycles. The van der Waals surface area contributed by atoms with Gasteiger partial charge < -0.3 is 14.8 Å². The van der Waals surface area contributed by atoms with Crippen LogP contribution in [0.15, 0.2) is 18.5 Å². The van der Waals surface area contributed by atoms with Gasteiger partial charge in [-0.25, -0.2) is 0 Å². The number of hydrogen-bond donors (Lipinski definition) is 1. The highest BCUT2D eigenvalue weighted by molar-refractivity contribution is 5.30. The van der Waals surface area contributed by atoms with Crippen LogP contribution in [-0.2, 0) is 11.3 Å². The van der Waals surface area contributed by atoms with Gasteiger partial charge in [0.05, 0.1) is 12.7 Å². The fraction of sp³-hybridized carbons (Fsp3) is 0.643. The number of nitrogens with one attached hydrogen (secondary N) is 1. The van der Waals surface area contributed by atoms with E-state index in [-0.39, 0.29) is 6.10 Å². The molecule has 18 heavy (non-hydrogen) atoms. The molecule has 1 aromatic rings. The van der Waals surface area contributed by atoms with Gasteiger partial charge in [-0.2, -0.15) is 0 Å². The summed E-state index contributed by atoms with van der Waals surface area (Å²) in [7, 11) is 0. The Morgan fingerprint density at radius 3 is 2.94 bits per heavy atom. The van der Waals surface area contributed by atoms with Gasteiger partial charge in [-0.05, 0) is 32.8 Å². The fourth-order valence-corrected chi connectivity index (χ4v) is 1.67. The first-order chi connectivity index (χ1) is 8.75. The first kappa shape index (κ1) is 13.3. The van der Waals surface area contributed by atoms with Crippen molar-refractivity contribution < 1.29 is 9.47 Å². The predicted molar refractivity (Wildman–Crippen MR) is 70.7 cm³/mol. The molecule has 2 rings (SSSR count). The zero-order chi connectivity index (χ0) is 12.8. The highest BCUT2D eigenvalue weighted by atomic mass is 16.5. The van der Waals surface area contributed by atoms with E-state index in [1.54, 1.807) is 6.20 Å². The van der Waals surface area contributed by atoms with Gasteiger partial charge in [-0.3, -0.25) is 4.98 Å². The second-order valence-corrected chi connectivity index (χ2v) is 4.91. The lowest BCUT2D eigenvalue weighted by atomic mass is 10.2. The number of hydrogen-bond acceptors (Lipinski definition) is 4. The molecule has 4 heteroatoms. The fourth-order valence-electron chi connectivity index (χ4n) is 1.67. The monoisotopic (exact) mass is 250 g/mol. The molecule has 1 aliphatic rings. The molecule has 1 fully saturated rings. The van der Waals surface area contributed by atoms with E-state index in [9.17, 15) is 0 Å². The van der Waals surface area contributed by atoms with Crippen LogP contribution in [0.5, 0.6) is 5.75 Å². The Kier molecular flexibility index (Phi) is 4.96. The van der Waals surface area contributed by atoms with Gasteiger partial charge in [0.25, 0.3) is 0 Å². The number of ether oxygens (including phenoxy) is 2. The molecule has 0 radical (unpaired) electrons. The molecule has 0 amide bonds. The topological polar surface area (TPSA) is 43.4 Å². The van der Waals surface area contributed by atoms with Crippen LogP contribution in [0.2, 0.25) is 0 Å². The largest absolute Gasteiger partial charge is 0.491 e. The predicted octanol–water partition coefficient (Wildman–Crippen LogP) is 2.14. The summed E-state index contributed by atoms with van der Waals surface area (Å²) in [6.45, 7) is 6.09. The average Bonchev–Trinajstić information content (AvgIpc) is 3.17. The number of nitrogens with zero attached hydrogens (tertiary/aromatic N) is 1. The molecule has 0 unspecified atom stereocenters. The molecule has 100 valence electrons. The summed E-state index contributed by atoms with van der Waals surface area (Å²) < 4.78 is 11.2. The van der Waals surface area contributed by atoms with Crippen molar-refractivity contribution in [2.75, 3.05) is 13.2 Å². The molecule has 4 nitrogen and oxygen atoms in total. The van der Waals surface area contributed by atoms with E-state index in [1.165, 1.54) is 12.8 Å². The van der Waals surface area contributed by atoms with Gasteiger partial charge in [-0.15, -0.1) is 0 Å². The molecule has 0 saturated heterocycles. The SMILES string of the molecule is CC(C)OCCOc1ccncc1CNC1CC1. The van der Waals surface area contributed by atoms with Crippen LogP contribution < -0.4 is 10.1 Å². The summed E-state index contributed by atoms with van der Waals surface area (Å²) in [6, 6.07) is 2.61. The molecule has 0 aliphatic heterocycles. The van der Waals surface area contributed by atoms with E-state index >= 15 is 0 Å². The molecule has 1 aliphatic carbocycles. The van der Waals surface area contributed by atoms with E-state index in [0.717, 1.165) is 17.9 Å². The van der Waals surface area contributed by atoms with Gasteiger partial charge in [0, 0.05) is 30.5 Å². The van der Waals surface area contributed by atoms with Crippen molar-refractivity contribution in [2.45, 2.75) is 45.4 Å². The lowest BCUT2D eigenvalue weighted by Crippen LogP contribution is -2.17. The molecular formula is C14H22N2O2. The van der Waals surface area contributed by atoms with Gasteiger partial charge in [0.2, 0.25) is 0 Å². The van der Waals surface area contributed by atoms with Crippen LogP contribution in [-0.4, -0.2) is 30.3 Å². The summed E-state index contributed by atoms with van der Waals surface area (Å²) in [5.41, 5.74) is 1.12. The van der Waals surface area contributed by atoms with Crippen LogP contribution in [0.3, 0.4) is 0 Å². The maximum absolute atomic E-state index is 5.74. The minimum atomic E-state index is 0.252. The van der Waals surface area contributed by atoms with E-state index in [4.69, 9.17) is 9.47 Å². The van der Waals surface area contributed by atoms with Crippen LogP contribution in [0.1, 0.15) is 32.3 Å². The van der Waals surface area contributed by atoms with Gasteiger partial charge >= 0.3 is 0 Å². The third-order valence-corrected chi connectivity index (χ3v) is 2.81. The summed E-state index contributed by atoms with van der Waals surface area (Å²) in [5.74, 6) is 0.908. The standard InChI is InChI=1S/C14H22N2O2/c1-11(2)17-7-8-18-14-5-6-15-9-12(14)10-16-13-3-4-13/h5-6,9,11,13,16H,3-4,7-8,10H2,1-2H3. The molecular weight excluding hydrogens is 228 g/mol. The first-order valence-corrected chi connectivity index (χ1v) is 6.66. The summed E-state index contributed by atoms with van der Waals surface area (Å²) in [4.78, 5) is 4.15. The Morgan fingerprint density at radius 1 is 1.39 bits per heavy atom. The third-order valence-electron chi connectivity index (χ3n) is 2.81. The van der Waals surface area contributed by atoms with Crippen molar-refractivity contribution in [1.82, 2.24) is 10.3 Å². The lowest BCUT2D eigenvalue weighted by Gasteiger charge is -2.12. The Bertz CT molecular complexity index is 365. The van der Waals surface area contributed by atoms with E-state index in [2.05, 4.69) is 10.3 Å². The van der Waals surface area contributed by atoms with Crippen LogP contribution in [0.25, 0.3) is 0 Å². The van der Waals surface area contributed by atoms with E-state index < -0.39 is 0 Å². The Hall–Kier alpha value is -1.13. The Morgan fingerprint density at radius 2 is 2.22 bits per heavy atom. The van der Waals surface area contributed by atoms with E-state index in [0.29, 0.717) is 19.3 Å². The minimum Gasteiger partial charge on any atom is -0.491 e. The molecule has 1 N–H and O–H groups in total. The zero-order valence-electron chi connectivity index (χ0n) is 11.2. The Labute approximate surface area is 109 Å². The quantitative estimate of drug-likeness (QED) is 0.718. The van der Waals surface area contributed by atoms with E-state index in [1.807, 2.05) is 26.1 Å². The highest BCUT2D eigenvalue weighted by Crippen LogP contribution is 2.21. The number of aromatic nitrogens is 1. The minimum absolute atomic E-state index is 0.252. The van der Waals surface area contributed by atoms with Gasteiger partial charge in [0.15, 0.2) is 0 Å². The van der Waals surface area contributed by atoms with Crippen LogP contribution in [0.4, 0.5) is 0 Å². The Balaban J connectivity index is 1.78. The normalized spacial score (nSPS) is 15.1. The van der Waals surface area contributed by atoms with Crippen LogP contribution in [0, 0.1) is 0 Å². The second kappa shape index (κ2) is 6.71. The summed E-state index contributed by atoms with van der Waals surface area (Å²) in [6.07, 6.45) is 6.46. The maximum Gasteiger partial charge on any atom is 0.126 e. The molecule has 0 spiro atoms. The van der Waals surface area contributed by atoms with Crippen molar-refractivity contribution in [1.29, 1.82) is 0 Å². The van der Waals surface area contributed by atoms with Crippen molar-refractivity contribution in [2.24, 2.45) is 0 Å². The van der Waals surface area contributed by atoms with Crippen molar-refractivity contribution >= 4 is 0 Å². The molecule has 1 saturated carbocycles. The summed E-state index contributed by atoms with van der Waals surface area (Å²) >= 11 is 0.